The van der Waals surface area contributed by atoms with Crippen molar-refractivity contribution in [1.82, 2.24) is 4.90 Å². The van der Waals surface area contributed by atoms with Gasteiger partial charge in [0.1, 0.15) is 18.2 Å². The molecule has 0 aromatic heterocycles. The molecule has 0 fully saturated rings. The van der Waals surface area contributed by atoms with Crippen molar-refractivity contribution in [1.29, 1.82) is 0 Å². The van der Waals surface area contributed by atoms with Crippen LogP contribution in [0.4, 0.5) is 0 Å². The van der Waals surface area contributed by atoms with Gasteiger partial charge in [-0.2, -0.15) is 0 Å². The first-order valence-corrected chi connectivity index (χ1v) is 11.8. The van der Waals surface area contributed by atoms with E-state index in [0.717, 1.165) is 27.5 Å². The minimum atomic E-state index is -0.198. The first-order chi connectivity index (χ1) is 17.4. The summed E-state index contributed by atoms with van der Waals surface area (Å²) in [5.74, 6) is 2.69. The fraction of sp³-hybridized carbons (Fsp3) is 0.250. The molecule has 2 heterocycles. The molecule has 5 rings (SSSR count). The number of fused-ring (bicyclic) bond motifs is 2. The van der Waals surface area contributed by atoms with Crippen LogP contribution in [0.5, 0.6) is 28.7 Å². The van der Waals surface area contributed by atoms with Crippen LogP contribution in [0.25, 0.3) is 6.08 Å². The molecule has 0 saturated carbocycles. The highest BCUT2D eigenvalue weighted by atomic mass is 35.5. The van der Waals surface area contributed by atoms with Gasteiger partial charge < -0.3 is 23.7 Å². The second kappa shape index (κ2) is 9.76. The molecule has 0 spiro atoms. The van der Waals surface area contributed by atoms with Gasteiger partial charge >= 0.3 is 0 Å². The van der Waals surface area contributed by atoms with Crippen molar-refractivity contribution in [2.45, 2.75) is 20.0 Å². The van der Waals surface area contributed by atoms with E-state index in [9.17, 15) is 4.79 Å². The molecule has 8 heteroatoms. The van der Waals surface area contributed by atoms with Crippen LogP contribution >= 0.6 is 11.6 Å². The molecule has 0 amide bonds. The number of hydrogen-bond acceptors (Lipinski definition) is 7. The van der Waals surface area contributed by atoms with Gasteiger partial charge in [0.05, 0.1) is 26.9 Å². The molecule has 36 heavy (non-hydrogen) atoms. The maximum Gasteiger partial charge on any atom is 0.231 e. The first-order valence-electron chi connectivity index (χ1n) is 11.4. The lowest BCUT2D eigenvalue weighted by Gasteiger charge is -2.30. The molecule has 0 radical (unpaired) electrons. The van der Waals surface area contributed by atoms with Crippen LogP contribution in [0, 0.1) is 6.92 Å². The number of rotatable bonds is 6. The third kappa shape index (κ3) is 4.14. The van der Waals surface area contributed by atoms with Gasteiger partial charge in [0.25, 0.3) is 0 Å². The molecule has 3 aromatic rings. The number of benzene rings is 3. The second-order valence-electron chi connectivity index (χ2n) is 8.58. The molecule has 0 atom stereocenters. The van der Waals surface area contributed by atoms with Crippen molar-refractivity contribution in [3.63, 3.8) is 0 Å². The van der Waals surface area contributed by atoms with E-state index in [0.29, 0.717) is 53.9 Å². The Labute approximate surface area is 214 Å². The number of carbonyl (C=O) groups is 1. The molecule has 0 unspecified atom stereocenters. The summed E-state index contributed by atoms with van der Waals surface area (Å²) in [5, 5.41) is 0.720. The maximum absolute atomic E-state index is 13.4. The Kier molecular flexibility index (Phi) is 6.51. The lowest BCUT2D eigenvalue weighted by molar-refractivity contribution is 0.0877. The predicted octanol–water partition coefficient (Wildman–Crippen LogP) is 5.64. The van der Waals surface area contributed by atoms with E-state index in [1.165, 1.54) is 14.2 Å². The zero-order valence-corrected chi connectivity index (χ0v) is 21.3. The maximum atomic E-state index is 13.4. The number of methoxy groups -OCH3 is 3. The normalized spacial score (nSPS) is 15.7. The lowest BCUT2D eigenvalue weighted by atomic mass is 9.99. The Morgan fingerprint density at radius 1 is 1.03 bits per heavy atom. The standard InChI is InChI=1S/C28H26ClNO6/c1-16-25-19(14-30(15-35-25)13-18-7-5-6-8-21(18)29)11-20-24(31)23(36-26(16)20)12-17-9-10-22(32-2)28(34-4)27(17)33-3/h5-12H,13-15H2,1-4H3/b23-12-. The molecule has 0 bridgehead atoms. The van der Waals surface area contributed by atoms with Gasteiger partial charge in [-0.05, 0) is 42.8 Å². The smallest absolute Gasteiger partial charge is 0.231 e. The van der Waals surface area contributed by atoms with E-state index in [4.69, 9.17) is 35.3 Å². The molecule has 0 saturated heterocycles. The number of hydrogen-bond donors (Lipinski definition) is 0. The molecular weight excluding hydrogens is 482 g/mol. The minimum Gasteiger partial charge on any atom is -0.493 e. The number of Topliss-reactive ketones (excluding diaryl/α,β-unsaturated/α-hetero) is 1. The average molecular weight is 508 g/mol. The highest BCUT2D eigenvalue weighted by Gasteiger charge is 2.34. The fourth-order valence-corrected chi connectivity index (χ4v) is 4.84. The Balaban J connectivity index is 1.45. The highest BCUT2D eigenvalue weighted by Crippen LogP contribution is 2.45. The zero-order chi connectivity index (χ0) is 25.4. The van der Waals surface area contributed by atoms with Gasteiger partial charge in [-0.1, -0.05) is 29.8 Å². The Morgan fingerprint density at radius 2 is 1.81 bits per heavy atom. The summed E-state index contributed by atoms with van der Waals surface area (Å²) in [4.78, 5) is 15.5. The highest BCUT2D eigenvalue weighted by molar-refractivity contribution is 6.31. The number of ketones is 1. The number of ether oxygens (including phenoxy) is 5. The molecule has 7 nitrogen and oxygen atoms in total. The quantitative estimate of drug-likeness (QED) is 0.400. The molecule has 186 valence electrons. The van der Waals surface area contributed by atoms with Crippen LogP contribution in [-0.4, -0.2) is 38.7 Å². The summed E-state index contributed by atoms with van der Waals surface area (Å²) in [6.45, 7) is 3.60. The van der Waals surface area contributed by atoms with E-state index in [1.54, 1.807) is 25.3 Å². The largest absolute Gasteiger partial charge is 0.493 e. The Hall–Kier alpha value is -3.68. The molecule has 0 aliphatic carbocycles. The number of carbonyl (C=O) groups excluding carboxylic acids is 1. The third-order valence-electron chi connectivity index (χ3n) is 6.37. The van der Waals surface area contributed by atoms with Gasteiger partial charge in [0.15, 0.2) is 17.3 Å². The number of nitrogens with zero attached hydrogens (tertiary/aromatic N) is 1. The van der Waals surface area contributed by atoms with Crippen LogP contribution in [0.1, 0.15) is 32.6 Å². The molecule has 3 aromatic carbocycles. The lowest BCUT2D eigenvalue weighted by Crippen LogP contribution is -2.32. The number of allylic oxidation sites excluding steroid dienone is 1. The molecule has 0 N–H and O–H groups in total. The van der Waals surface area contributed by atoms with Crippen molar-refractivity contribution >= 4 is 23.5 Å². The van der Waals surface area contributed by atoms with Gasteiger partial charge in [-0.3, -0.25) is 9.69 Å². The first kappa shape index (κ1) is 24.0. The van der Waals surface area contributed by atoms with Crippen LogP contribution in [0.15, 0.2) is 48.2 Å². The van der Waals surface area contributed by atoms with Crippen molar-refractivity contribution in [2.24, 2.45) is 0 Å². The molecular formula is C28H26ClNO6. The predicted molar refractivity (Wildman–Crippen MR) is 136 cm³/mol. The Bertz CT molecular complexity index is 1380. The average Bonchev–Trinajstić information content (AvgIpc) is 3.20. The van der Waals surface area contributed by atoms with Gasteiger partial charge in [0, 0.05) is 34.8 Å². The van der Waals surface area contributed by atoms with Crippen molar-refractivity contribution in [3.8, 4) is 28.7 Å². The summed E-state index contributed by atoms with van der Waals surface area (Å²) < 4.78 is 28.5. The SMILES string of the molecule is COc1ccc(/C=C2\Oc3c(cc4c(c3C)OCN(Cc3ccccc3Cl)C4)C2=O)c(OC)c1OC. The summed E-state index contributed by atoms with van der Waals surface area (Å²) >= 11 is 6.35. The van der Waals surface area contributed by atoms with E-state index < -0.39 is 0 Å². The van der Waals surface area contributed by atoms with Gasteiger partial charge in [-0.25, -0.2) is 0 Å². The summed E-state index contributed by atoms with van der Waals surface area (Å²) in [6.07, 6.45) is 1.66. The second-order valence-corrected chi connectivity index (χ2v) is 8.99. The fourth-order valence-electron chi connectivity index (χ4n) is 4.64. The van der Waals surface area contributed by atoms with E-state index >= 15 is 0 Å². The Morgan fingerprint density at radius 3 is 2.53 bits per heavy atom. The van der Waals surface area contributed by atoms with E-state index in [2.05, 4.69) is 4.90 Å². The van der Waals surface area contributed by atoms with Crippen LogP contribution in [0.3, 0.4) is 0 Å². The van der Waals surface area contributed by atoms with E-state index in [1.807, 2.05) is 37.3 Å². The van der Waals surface area contributed by atoms with Crippen LogP contribution in [0.2, 0.25) is 5.02 Å². The topological polar surface area (TPSA) is 66.5 Å². The van der Waals surface area contributed by atoms with Crippen molar-refractivity contribution < 1.29 is 28.5 Å². The van der Waals surface area contributed by atoms with E-state index in [-0.39, 0.29) is 11.5 Å². The zero-order valence-electron chi connectivity index (χ0n) is 20.5. The minimum absolute atomic E-state index is 0.198. The van der Waals surface area contributed by atoms with Crippen molar-refractivity contribution in [3.05, 3.63) is 81.1 Å². The molecule has 2 aliphatic heterocycles. The van der Waals surface area contributed by atoms with Crippen molar-refractivity contribution in [2.75, 3.05) is 28.1 Å². The van der Waals surface area contributed by atoms with Crippen LogP contribution in [-0.2, 0) is 13.1 Å². The third-order valence-corrected chi connectivity index (χ3v) is 6.74. The van der Waals surface area contributed by atoms with Gasteiger partial charge in [0.2, 0.25) is 11.5 Å². The summed E-state index contributed by atoms with van der Waals surface area (Å²) in [6, 6.07) is 13.2. The number of halogens is 1. The summed E-state index contributed by atoms with van der Waals surface area (Å²) in [7, 11) is 4.63. The van der Waals surface area contributed by atoms with Crippen LogP contribution < -0.4 is 23.7 Å². The van der Waals surface area contributed by atoms with Gasteiger partial charge in [-0.15, -0.1) is 0 Å². The summed E-state index contributed by atoms with van der Waals surface area (Å²) in [5.41, 5.74) is 3.91. The monoisotopic (exact) mass is 507 g/mol. The molecule has 2 aliphatic rings.